The molecular weight excluding hydrogens is 412 g/mol. The van der Waals surface area contributed by atoms with E-state index in [0.717, 1.165) is 56.8 Å². The van der Waals surface area contributed by atoms with Gasteiger partial charge in [-0.1, -0.05) is 6.07 Å². The Hall–Kier alpha value is -2.45. The van der Waals surface area contributed by atoms with Crippen LogP contribution in [0.2, 0.25) is 0 Å². The highest BCUT2D eigenvalue weighted by molar-refractivity contribution is 7.12. The van der Waals surface area contributed by atoms with Crippen LogP contribution < -0.4 is 10.9 Å². The number of fused-ring (bicyclic) bond motifs is 4. The summed E-state index contributed by atoms with van der Waals surface area (Å²) in [4.78, 5) is 42.2. The van der Waals surface area contributed by atoms with E-state index in [1.807, 2.05) is 27.0 Å². The zero-order chi connectivity index (χ0) is 21.5. The van der Waals surface area contributed by atoms with Crippen LogP contribution in [0.4, 0.5) is 5.69 Å². The Kier molecular flexibility index (Phi) is 5.44. The monoisotopic (exact) mass is 440 g/mol. The van der Waals surface area contributed by atoms with E-state index < -0.39 is 0 Å². The van der Waals surface area contributed by atoms with Crippen molar-refractivity contribution in [1.82, 2.24) is 14.4 Å². The molecule has 0 aromatic carbocycles. The van der Waals surface area contributed by atoms with Gasteiger partial charge in [0.1, 0.15) is 0 Å². The summed E-state index contributed by atoms with van der Waals surface area (Å²) in [6.07, 6.45) is 3.05. The summed E-state index contributed by atoms with van der Waals surface area (Å²) in [5.41, 5.74) is 1.75. The molecule has 0 radical (unpaired) electrons. The van der Waals surface area contributed by atoms with E-state index in [0.29, 0.717) is 23.4 Å². The van der Waals surface area contributed by atoms with Crippen LogP contribution >= 0.6 is 11.3 Å². The van der Waals surface area contributed by atoms with E-state index in [1.54, 1.807) is 19.1 Å². The van der Waals surface area contributed by atoms with Gasteiger partial charge in [-0.15, -0.1) is 11.3 Å². The van der Waals surface area contributed by atoms with Crippen molar-refractivity contribution in [3.63, 3.8) is 0 Å². The number of hydrogen-bond acceptors (Lipinski definition) is 5. The molecule has 8 heteroatoms. The first kappa shape index (κ1) is 20.5. The number of rotatable bonds is 3. The number of nitrogens with one attached hydrogen (secondary N) is 1. The number of likely N-dealkylation sites (tertiary alicyclic amines) is 2. The maximum absolute atomic E-state index is 12.7. The minimum atomic E-state index is -0.122. The lowest BCUT2D eigenvalue weighted by Gasteiger charge is -2.47. The van der Waals surface area contributed by atoms with E-state index >= 15 is 0 Å². The van der Waals surface area contributed by atoms with E-state index in [-0.39, 0.29) is 23.3 Å². The first-order valence-corrected chi connectivity index (χ1v) is 12.0. The molecule has 0 spiro atoms. The molecule has 31 heavy (non-hydrogen) atoms. The molecule has 5 heterocycles. The van der Waals surface area contributed by atoms with Gasteiger partial charge in [0.05, 0.1) is 10.6 Å². The molecule has 7 nitrogen and oxygen atoms in total. The zero-order valence-electron chi connectivity index (χ0n) is 17.8. The molecule has 3 aliphatic rings. The Balaban J connectivity index is 1.38. The zero-order valence-corrected chi connectivity index (χ0v) is 18.6. The molecule has 5 rings (SSSR count). The van der Waals surface area contributed by atoms with Crippen LogP contribution in [0.5, 0.6) is 0 Å². The molecule has 0 aliphatic carbocycles. The van der Waals surface area contributed by atoms with Crippen LogP contribution in [0.1, 0.15) is 47.5 Å². The highest BCUT2D eigenvalue weighted by Gasteiger charge is 2.39. The summed E-state index contributed by atoms with van der Waals surface area (Å²) in [5.74, 6) is 0.708. The molecule has 2 aromatic heterocycles. The van der Waals surface area contributed by atoms with E-state index in [9.17, 15) is 14.4 Å². The average molecular weight is 441 g/mol. The summed E-state index contributed by atoms with van der Waals surface area (Å²) in [6.45, 7) is 5.89. The summed E-state index contributed by atoms with van der Waals surface area (Å²) < 4.78 is 1.89. The molecule has 2 aromatic rings. The van der Waals surface area contributed by atoms with Crippen LogP contribution in [0, 0.1) is 5.92 Å². The van der Waals surface area contributed by atoms with E-state index in [4.69, 9.17) is 0 Å². The molecule has 2 amide bonds. The Morgan fingerprint density at radius 1 is 1.10 bits per heavy atom. The number of carbonyl (C=O) groups is 2. The molecule has 3 aliphatic heterocycles. The van der Waals surface area contributed by atoms with Crippen LogP contribution in [0.15, 0.2) is 34.4 Å². The molecule has 2 fully saturated rings. The Morgan fingerprint density at radius 3 is 2.61 bits per heavy atom. The molecular formula is C23H28N4O3S. The van der Waals surface area contributed by atoms with Crippen molar-refractivity contribution in [1.29, 1.82) is 0 Å². The number of thiophene rings is 1. The average Bonchev–Trinajstić information content (AvgIpc) is 3.31. The van der Waals surface area contributed by atoms with Gasteiger partial charge < -0.3 is 14.8 Å². The maximum Gasteiger partial charge on any atom is 0.265 e. The van der Waals surface area contributed by atoms with Crippen molar-refractivity contribution in [3.05, 3.63) is 50.6 Å². The predicted molar refractivity (Wildman–Crippen MR) is 121 cm³/mol. The van der Waals surface area contributed by atoms with Gasteiger partial charge >= 0.3 is 0 Å². The first-order valence-electron chi connectivity index (χ1n) is 11.1. The van der Waals surface area contributed by atoms with Gasteiger partial charge in [-0.2, -0.15) is 0 Å². The summed E-state index contributed by atoms with van der Waals surface area (Å²) in [5, 5.41) is 4.95. The highest BCUT2D eigenvalue weighted by atomic mass is 32.1. The fraction of sp³-hybridized carbons (Fsp3) is 0.522. The number of hydrogen-bond donors (Lipinski definition) is 1. The van der Waals surface area contributed by atoms with Crippen molar-refractivity contribution in [3.8, 4) is 0 Å². The second-order valence-corrected chi connectivity index (χ2v) is 9.95. The van der Waals surface area contributed by atoms with Crippen LogP contribution in [0.25, 0.3) is 0 Å². The fourth-order valence-electron chi connectivity index (χ4n) is 5.59. The third-order valence-electron chi connectivity index (χ3n) is 7.04. The minimum absolute atomic E-state index is 0.0158. The fourth-order valence-corrected chi connectivity index (χ4v) is 6.21. The van der Waals surface area contributed by atoms with Gasteiger partial charge in [0.15, 0.2) is 0 Å². The lowest BCUT2D eigenvalue weighted by Crippen LogP contribution is -2.53. The largest absolute Gasteiger partial charge is 0.343 e. The lowest BCUT2D eigenvalue weighted by atomic mass is 9.81. The standard InChI is InChI=1S/C23H28N4O3S/c1-15(28)25-8-6-18(7-9-25)26-12-16-11-17(14-26)22-19(4-5-21(29)27(22)13-16)24-23(30)20-3-2-10-31-20/h2-5,10,16-18H,6-9,11-14H2,1H3,(H,24,30). The summed E-state index contributed by atoms with van der Waals surface area (Å²) in [6, 6.07) is 7.50. The van der Waals surface area contributed by atoms with E-state index in [2.05, 4.69) is 10.2 Å². The van der Waals surface area contributed by atoms with Gasteiger partial charge in [-0.3, -0.25) is 19.3 Å². The van der Waals surface area contributed by atoms with Crippen molar-refractivity contribution in [2.45, 2.75) is 44.7 Å². The number of piperidine rings is 2. The van der Waals surface area contributed by atoms with Gasteiger partial charge in [-0.25, -0.2) is 0 Å². The molecule has 1 N–H and O–H groups in total. The maximum atomic E-state index is 12.7. The molecule has 2 unspecified atom stereocenters. The summed E-state index contributed by atoms with van der Waals surface area (Å²) >= 11 is 1.41. The topological polar surface area (TPSA) is 74.7 Å². The van der Waals surface area contributed by atoms with E-state index in [1.165, 1.54) is 11.3 Å². The predicted octanol–water partition coefficient (Wildman–Crippen LogP) is 2.59. The molecule has 164 valence electrons. The SMILES string of the molecule is CC(=O)N1CCC(N2CC3CC(C2)c2c(NC(=O)c4cccs4)ccc(=O)n2C3)CC1. The third kappa shape index (κ3) is 3.94. The number of aromatic nitrogens is 1. The van der Waals surface area contributed by atoms with Gasteiger partial charge in [0.2, 0.25) is 5.91 Å². The third-order valence-corrected chi connectivity index (χ3v) is 7.91. The number of anilines is 1. The van der Waals surface area contributed by atoms with Gasteiger partial charge in [-0.05, 0) is 42.7 Å². The second-order valence-electron chi connectivity index (χ2n) is 9.00. The second kappa shape index (κ2) is 8.24. The van der Waals surface area contributed by atoms with Gasteiger partial charge in [0.25, 0.3) is 11.5 Å². The van der Waals surface area contributed by atoms with Crippen molar-refractivity contribution in [2.24, 2.45) is 5.92 Å². The lowest BCUT2D eigenvalue weighted by molar-refractivity contribution is -0.130. The normalized spacial score (nSPS) is 24.0. The molecule has 0 saturated carbocycles. The molecule has 2 atom stereocenters. The Bertz CT molecular complexity index is 1040. The van der Waals surface area contributed by atoms with Crippen LogP contribution in [0.3, 0.4) is 0 Å². The number of pyridine rings is 1. The first-order chi connectivity index (χ1) is 15.0. The quantitative estimate of drug-likeness (QED) is 0.796. The van der Waals surface area contributed by atoms with Crippen molar-refractivity contribution < 1.29 is 9.59 Å². The van der Waals surface area contributed by atoms with Crippen molar-refractivity contribution >= 4 is 28.8 Å². The Morgan fingerprint density at radius 2 is 1.90 bits per heavy atom. The van der Waals surface area contributed by atoms with Crippen molar-refractivity contribution in [2.75, 3.05) is 31.5 Å². The van der Waals surface area contributed by atoms with Crippen LogP contribution in [-0.4, -0.2) is 58.4 Å². The number of amides is 2. The smallest absolute Gasteiger partial charge is 0.265 e. The van der Waals surface area contributed by atoms with Gasteiger partial charge in [0, 0.05) is 63.4 Å². The number of carbonyl (C=O) groups excluding carboxylic acids is 2. The molecule has 2 saturated heterocycles. The minimum Gasteiger partial charge on any atom is -0.343 e. The highest BCUT2D eigenvalue weighted by Crippen LogP contribution is 2.40. The molecule has 2 bridgehead atoms. The summed E-state index contributed by atoms with van der Waals surface area (Å²) in [7, 11) is 0. The Labute approximate surface area is 185 Å². The van der Waals surface area contributed by atoms with Crippen LogP contribution in [-0.2, 0) is 11.3 Å². The number of nitrogens with zero attached hydrogens (tertiary/aromatic N) is 3.